The lowest BCUT2D eigenvalue weighted by Crippen LogP contribution is -2.43. The zero-order valence-electron chi connectivity index (χ0n) is 7.50. The molecule has 12 heavy (non-hydrogen) atoms. The van der Waals surface area contributed by atoms with E-state index in [0.717, 1.165) is 38.5 Å². The molecule has 2 fully saturated rings. The molecule has 1 atom stereocenters. The number of rotatable bonds is 1. The summed E-state index contributed by atoms with van der Waals surface area (Å²) >= 11 is 0. The number of nitrogens with zero attached hydrogens (tertiary/aromatic N) is 1. The average molecular weight is 170 g/mol. The van der Waals surface area contributed by atoms with Gasteiger partial charge in [-0.15, -0.1) is 0 Å². The summed E-state index contributed by atoms with van der Waals surface area (Å²) in [5.41, 5.74) is 0. The molecule has 0 aliphatic carbocycles. The minimum Gasteiger partial charge on any atom is -0.393 e. The highest BCUT2D eigenvalue weighted by atomic mass is 16.3. The van der Waals surface area contributed by atoms with Crippen LogP contribution in [0.25, 0.3) is 0 Å². The molecule has 2 heterocycles. The second-order valence-electron chi connectivity index (χ2n) is 3.91. The summed E-state index contributed by atoms with van der Waals surface area (Å²) in [6.45, 7) is 4.50. The molecule has 0 bridgehead atoms. The minimum atomic E-state index is -0.0318. The van der Waals surface area contributed by atoms with E-state index in [4.69, 9.17) is 0 Å². The van der Waals surface area contributed by atoms with Gasteiger partial charge in [-0.1, -0.05) is 0 Å². The van der Waals surface area contributed by atoms with Crippen LogP contribution in [0.15, 0.2) is 0 Å². The predicted molar refractivity (Wildman–Crippen MR) is 48.1 cm³/mol. The van der Waals surface area contributed by atoms with Gasteiger partial charge >= 0.3 is 0 Å². The van der Waals surface area contributed by atoms with Crippen molar-refractivity contribution < 1.29 is 5.11 Å². The first kappa shape index (κ1) is 8.48. The monoisotopic (exact) mass is 170 g/mol. The van der Waals surface area contributed by atoms with E-state index in [0.29, 0.717) is 0 Å². The number of piperidine rings is 1. The van der Waals surface area contributed by atoms with Gasteiger partial charge in [0.1, 0.15) is 0 Å². The van der Waals surface area contributed by atoms with Gasteiger partial charge < -0.3 is 10.4 Å². The van der Waals surface area contributed by atoms with Crippen LogP contribution in [-0.4, -0.2) is 48.3 Å². The van der Waals surface area contributed by atoms with Crippen molar-refractivity contribution in [1.29, 1.82) is 0 Å². The molecular weight excluding hydrogens is 152 g/mol. The Kier molecular flexibility index (Phi) is 2.63. The van der Waals surface area contributed by atoms with E-state index in [9.17, 15) is 5.11 Å². The van der Waals surface area contributed by atoms with E-state index in [2.05, 4.69) is 10.2 Å². The second kappa shape index (κ2) is 3.73. The summed E-state index contributed by atoms with van der Waals surface area (Å²) in [5, 5.41) is 12.7. The van der Waals surface area contributed by atoms with E-state index >= 15 is 0 Å². The zero-order valence-corrected chi connectivity index (χ0v) is 7.50. The van der Waals surface area contributed by atoms with Crippen LogP contribution >= 0.6 is 0 Å². The van der Waals surface area contributed by atoms with E-state index in [1.54, 1.807) is 0 Å². The van der Waals surface area contributed by atoms with Crippen molar-refractivity contribution in [3.8, 4) is 0 Å². The maximum atomic E-state index is 9.33. The molecule has 70 valence electrons. The maximum absolute atomic E-state index is 9.33. The molecule has 0 amide bonds. The predicted octanol–water partition coefficient (Wildman–Crippen LogP) is -0.195. The minimum absolute atomic E-state index is 0.0318. The Morgan fingerprint density at radius 2 is 1.92 bits per heavy atom. The summed E-state index contributed by atoms with van der Waals surface area (Å²) in [4.78, 5) is 2.52. The van der Waals surface area contributed by atoms with E-state index in [1.807, 2.05) is 0 Å². The van der Waals surface area contributed by atoms with Gasteiger partial charge in [-0.05, 0) is 25.8 Å². The van der Waals surface area contributed by atoms with E-state index in [-0.39, 0.29) is 6.10 Å². The number of hydrogen-bond acceptors (Lipinski definition) is 3. The molecule has 2 rings (SSSR count). The molecule has 2 aliphatic rings. The van der Waals surface area contributed by atoms with Gasteiger partial charge in [0.15, 0.2) is 0 Å². The van der Waals surface area contributed by atoms with Crippen LogP contribution < -0.4 is 5.32 Å². The van der Waals surface area contributed by atoms with Crippen LogP contribution in [-0.2, 0) is 0 Å². The first-order valence-electron chi connectivity index (χ1n) is 4.99. The Balaban J connectivity index is 1.80. The Morgan fingerprint density at radius 3 is 2.50 bits per heavy atom. The van der Waals surface area contributed by atoms with Crippen molar-refractivity contribution in [2.75, 3.05) is 26.2 Å². The maximum Gasteiger partial charge on any atom is 0.0564 e. The lowest BCUT2D eigenvalue weighted by molar-refractivity contribution is 0.0649. The molecule has 0 spiro atoms. The van der Waals surface area contributed by atoms with Crippen LogP contribution in [0.2, 0.25) is 0 Å². The van der Waals surface area contributed by atoms with E-state index < -0.39 is 0 Å². The quantitative estimate of drug-likeness (QED) is 0.572. The topological polar surface area (TPSA) is 35.5 Å². The zero-order chi connectivity index (χ0) is 8.39. The molecular formula is C9H18N2O. The smallest absolute Gasteiger partial charge is 0.0564 e. The fourth-order valence-electron chi connectivity index (χ4n) is 2.20. The third-order valence-corrected chi connectivity index (χ3v) is 3.05. The fourth-order valence-corrected chi connectivity index (χ4v) is 2.20. The summed E-state index contributed by atoms with van der Waals surface area (Å²) in [6, 6.07) is 0.748. The first-order chi connectivity index (χ1) is 5.86. The summed E-state index contributed by atoms with van der Waals surface area (Å²) in [5.74, 6) is 0. The van der Waals surface area contributed by atoms with Gasteiger partial charge in [-0.25, -0.2) is 0 Å². The van der Waals surface area contributed by atoms with Gasteiger partial charge in [0.25, 0.3) is 0 Å². The second-order valence-corrected chi connectivity index (χ2v) is 3.91. The molecule has 0 aromatic carbocycles. The van der Waals surface area contributed by atoms with Crippen LogP contribution in [0.5, 0.6) is 0 Å². The summed E-state index contributed by atoms with van der Waals surface area (Å²) < 4.78 is 0. The molecule has 0 radical (unpaired) electrons. The third-order valence-electron chi connectivity index (χ3n) is 3.05. The average Bonchev–Trinajstić information content (AvgIpc) is 2.58. The summed E-state index contributed by atoms with van der Waals surface area (Å²) in [6.07, 6.45) is 3.19. The Labute approximate surface area is 73.8 Å². The van der Waals surface area contributed by atoms with Gasteiger partial charge in [0.05, 0.1) is 6.10 Å². The van der Waals surface area contributed by atoms with Crippen LogP contribution in [0.1, 0.15) is 19.3 Å². The highest BCUT2D eigenvalue weighted by Gasteiger charge is 2.25. The lowest BCUT2D eigenvalue weighted by atomic mass is 10.1. The SMILES string of the molecule is OC1CCN([C@@H]2CCNC2)CC1. The van der Waals surface area contributed by atoms with Crippen LogP contribution in [0, 0.1) is 0 Å². The van der Waals surface area contributed by atoms with Gasteiger partial charge in [0.2, 0.25) is 0 Å². The van der Waals surface area contributed by atoms with Crippen LogP contribution in [0.3, 0.4) is 0 Å². The Bertz CT molecular complexity index is 137. The molecule has 3 heteroatoms. The lowest BCUT2D eigenvalue weighted by Gasteiger charge is -2.33. The molecule has 0 aromatic rings. The molecule has 0 unspecified atom stereocenters. The number of aliphatic hydroxyl groups excluding tert-OH is 1. The number of hydrogen-bond donors (Lipinski definition) is 2. The normalized spacial score (nSPS) is 34.2. The Morgan fingerprint density at radius 1 is 1.17 bits per heavy atom. The fraction of sp³-hybridized carbons (Fsp3) is 1.00. The molecule has 2 N–H and O–H groups in total. The number of likely N-dealkylation sites (tertiary alicyclic amines) is 1. The van der Waals surface area contributed by atoms with Crippen molar-refractivity contribution in [2.24, 2.45) is 0 Å². The van der Waals surface area contributed by atoms with Gasteiger partial charge in [-0.2, -0.15) is 0 Å². The molecule has 2 aliphatic heterocycles. The van der Waals surface area contributed by atoms with Crippen molar-refractivity contribution in [1.82, 2.24) is 10.2 Å². The molecule has 0 aromatic heterocycles. The largest absolute Gasteiger partial charge is 0.393 e. The molecule has 2 saturated heterocycles. The van der Waals surface area contributed by atoms with Gasteiger partial charge in [0, 0.05) is 25.7 Å². The van der Waals surface area contributed by atoms with E-state index in [1.165, 1.54) is 13.0 Å². The van der Waals surface area contributed by atoms with Crippen LogP contribution in [0.4, 0.5) is 0 Å². The molecule has 0 saturated carbocycles. The van der Waals surface area contributed by atoms with Crippen molar-refractivity contribution in [2.45, 2.75) is 31.4 Å². The standard InChI is InChI=1S/C9H18N2O/c12-9-2-5-11(6-3-9)8-1-4-10-7-8/h8-10,12H,1-7H2/t8-/m1/s1. The van der Waals surface area contributed by atoms with Crippen molar-refractivity contribution in [3.63, 3.8) is 0 Å². The highest BCUT2D eigenvalue weighted by Crippen LogP contribution is 2.16. The Hall–Kier alpha value is -0.120. The number of aliphatic hydroxyl groups is 1. The van der Waals surface area contributed by atoms with Crippen molar-refractivity contribution >= 4 is 0 Å². The van der Waals surface area contributed by atoms with Gasteiger partial charge in [-0.3, -0.25) is 4.90 Å². The molecule has 3 nitrogen and oxygen atoms in total. The highest BCUT2D eigenvalue weighted by molar-refractivity contribution is 4.83. The third kappa shape index (κ3) is 1.79. The number of nitrogens with one attached hydrogen (secondary N) is 1. The van der Waals surface area contributed by atoms with Crippen molar-refractivity contribution in [3.05, 3.63) is 0 Å². The summed E-state index contributed by atoms with van der Waals surface area (Å²) in [7, 11) is 0. The first-order valence-corrected chi connectivity index (χ1v) is 4.99.